The van der Waals surface area contributed by atoms with Crippen LogP contribution in [0.2, 0.25) is 0 Å². The molecule has 0 aromatic heterocycles. The molecule has 1 aliphatic rings. The van der Waals surface area contributed by atoms with E-state index in [1.165, 1.54) is 11.1 Å². The van der Waals surface area contributed by atoms with E-state index in [1.807, 2.05) is 12.1 Å². The number of hydrogen-bond acceptors (Lipinski definition) is 2. The summed E-state index contributed by atoms with van der Waals surface area (Å²) in [6.07, 6.45) is 3.07. The first-order valence-corrected chi connectivity index (χ1v) is 4.05. The number of benzene rings is 1. The molecule has 2 N–H and O–H groups in total. The fraction of sp³-hybridized carbons (Fsp3) is 0.200. The molecule has 62 valence electrons. The van der Waals surface area contributed by atoms with E-state index in [0.717, 1.165) is 12.1 Å². The molecule has 0 radical (unpaired) electrons. The first-order valence-electron chi connectivity index (χ1n) is 4.05. The van der Waals surface area contributed by atoms with Crippen LogP contribution in [0.5, 0.6) is 0 Å². The molecule has 0 atom stereocenters. The summed E-state index contributed by atoms with van der Waals surface area (Å²) < 4.78 is 0. The van der Waals surface area contributed by atoms with E-state index < -0.39 is 0 Å². The molecule has 12 heavy (non-hydrogen) atoms. The van der Waals surface area contributed by atoms with Crippen LogP contribution in [0.1, 0.15) is 11.1 Å². The zero-order valence-corrected chi connectivity index (χ0v) is 6.75. The number of rotatable bonds is 2. The van der Waals surface area contributed by atoms with Gasteiger partial charge in [0.25, 0.3) is 0 Å². The number of aliphatic hydroxyl groups is 1. The van der Waals surface area contributed by atoms with Gasteiger partial charge < -0.3 is 10.4 Å². The lowest BCUT2D eigenvalue weighted by molar-refractivity contribution is 0.283. The minimum absolute atomic E-state index is 0.000166. The highest BCUT2D eigenvalue weighted by molar-refractivity contribution is 5.71. The Morgan fingerprint density at radius 3 is 3.00 bits per heavy atom. The van der Waals surface area contributed by atoms with E-state index in [2.05, 4.69) is 23.5 Å². The molecule has 0 aliphatic heterocycles. The molecule has 0 saturated heterocycles. The molecule has 1 aromatic rings. The van der Waals surface area contributed by atoms with Crippen LogP contribution in [-0.2, 0) is 6.42 Å². The van der Waals surface area contributed by atoms with Crippen LogP contribution < -0.4 is 5.32 Å². The summed E-state index contributed by atoms with van der Waals surface area (Å²) in [4.78, 5) is 0. The van der Waals surface area contributed by atoms with E-state index >= 15 is 0 Å². The predicted molar refractivity (Wildman–Crippen MR) is 48.3 cm³/mol. The molecule has 0 heterocycles. The second-order valence-electron chi connectivity index (χ2n) is 2.81. The average molecular weight is 161 g/mol. The van der Waals surface area contributed by atoms with Gasteiger partial charge in [0.15, 0.2) is 0 Å². The molecule has 0 bridgehead atoms. The fourth-order valence-corrected chi connectivity index (χ4v) is 1.54. The van der Waals surface area contributed by atoms with Gasteiger partial charge in [-0.15, -0.1) is 0 Å². The number of aliphatic hydroxyl groups excluding tert-OH is 1. The topological polar surface area (TPSA) is 32.3 Å². The fourth-order valence-electron chi connectivity index (χ4n) is 1.54. The smallest absolute Gasteiger partial charge is 0.113 e. The van der Waals surface area contributed by atoms with E-state index in [1.54, 1.807) is 0 Å². The third-order valence-electron chi connectivity index (χ3n) is 2.10. The van der Waals surface area contributed by atoms with Crippen LogP contribution in [0.4, 0.5) is 0 Å². The molecule has 0 fully saturated rings. The second-order valence-corrected chi connectivity index (χ2v) is 2.81. The monoisotopic (exact) mass is 161 g/mol. The maximum atomic E-state index is 8.70. The normalized spacial score (nSPS) is 13.9. The van der Waals surface area contributed by atoms with Crippen molar-refractivity contribution in [2.24, 2.45) is 0 Å². The molecule has 2 rings (SSSR count). The van der Waals surface area contributed by atoms with E-state index in [0.29, 0.717) is 0 Å². The molecule has 0 amide bonds. The lowest BCUT2D eigenvalue weighted by Gasteiger charge is -2.05. The van der Waals surface area contributed by atoms with Gasteiger partial charge in [-0.25, -0.2) is 0 Å². The Balaban J connectivity index is 2.32. The minimum atomic E-state index is 0.000166. The van der Waals surface area contributed by atoms with Crippen LogP contribution in [-0.4, -0.2) is 11.8 Å². The Kier molecular flexibility index (Phi) is 1.84. The van der Waals surface area contributed by atoms with Crippen molar-refractivity contribution in [3.05, 3.63) is 41.5 Å². The van der Waals surface area contributed by atoms with Gasteiger partial charge in [-0.1, -0.05) is 30.3 Å². The minimum Gasteiger partial charge on any atom is -0.377 e. The highest BCUT2D eigenvalue weighted by Gasteiger charge is 2.11. The van der Waals surface area contributed by atoms with Crippen LogP contribution >= 0.6 is 0 Å². The van der Waals surface area contributed by atoms with Gasteiger partial charge in [0.2, 0.25) is 0 Å². The Hall–Kier alpha value is -1.28. The van der Waals surface area contributed by atoms with Crippen molar-refractivity contribution in [2.75, 3.05) is 6.73 Å². The largest absolute Gasteiger partial charge is 0.377 e. The molecule has 1 aliphatic carbocycles. The molecule has 1 aromatic carbocycles. The summed E-state index contributed by atoms with van der Waals surface area (Å²) in [6.45, 7) is 0.000166. The molecule has 0 unspecified atom stereocenters. The highest BCUT2D eigenvalue weighted by Crippen LogP contribution is 2.24. The first kappa shape index (κ1) is 7.37. The van der Waals surface area contributed by atoms with Gasteiger partial charge in [0.1, 0.15) is 6.73 Å². The second kappa shape index (κ2) is 2.99. The van der Waals surface area contributed by atoms with Crippen molar-refractivity contribution in [2.45, 2.75) is 6.42 Å². The van der Waals surface area contributed by atoms with Gasteiger partial charge >= 0.3 is 0 Å². The summed E-state index contributed by atoms with van der Waals surface area (Å²) in [5, 5.41) is 11.6. The van der Waals surface area contributed by atoms with Crippen LogP contribution in [0.25, 0.3) is 5.70 Å². The number of hydrogen-bond donors (Lipinski definition) is 2. The summed E-state index contributed by atoms with van der Waals surface area (Å²) in [7, 11) is 0. The first-order chi connectivity index (χ1) is 5.92. The van der Waals surface area contributed by atoms with Gasteiger partial charge in [-0.2, -0.15) is 0 Å². The van der Waals surface area contributed by atoms with Gasteiger partial charge in [-0.05, 0) is 12.0 Å². The quantitative estimate of drug-likeness (QED) is 0.637. The van der Waals surface area contributed by atoms with Crippen molar-refractivity contribution in [1.29, 1.82) is 0 Å². The Labute approximate surface area is 71.5 Å². The van der Waals surface area contributed by atoms with Crippen molar-refractivity contribution < 1.29 is 5.11 Å². The van der Waals surface area contributed by atoms with E-state index in [-0.39, 0.29) is 6.73 Å². The third kappa shape index (κ3) is 1.10. The van der Waals surface area contributed by atoms with Crippen molar-refractivity contribution in [1.82, 2.24) is 5.32 Å². The summed E-state index contributed by atoms with van der Waals surface area (Å²) in [5.41, 5.74) is 3.59. The third-order valence-corrected chi connectivity index (χ3v) is 2.10. The van der Waals surface area contributed by atoms with Crippen LogP contribution in [0.3, 0.4) is 0 Å². The molecule has 0 spiro atoms. The zero-order valence-electron chi connectivity index (χ0n) is 6.75. The molecule has 2 heteroatoms. The Morgan fingerprint density at radius 2 is 2.17 bits per heavy atom. The maximum absolute atomic E-state index is 8.70. The van der Waals surface area contributed by atoms with Crippen LogP contribution in [0.15, 0.2) is 30.3 Å². The van der Waals surface area contributed by atoms with E-state index in [9.17, 15) is 0 Å². The molecular weight excluding hydrogens is 150 g/mol. The van der Waals surface area contributed by atoms with E-state index in [4.69, 9.17) is 5.11 Å². The Morgan fingerprint density at radius 1 is 1.33 bits per heavy atom. The van der Waals surface area contributed by atoms with Gasteiger partial charge in [0, 0.05) is 11.3 Å². The predicted octanol–water partition coefficient (Wildman–Crippen LogP) is 1.12. The maximum Gasteiger partial charge on any atom is 0.113 e. The average Bonchev–Trinajstić information content (AvgIpc) is 2.50. The standard InChI is InChI=1S/C10H11NO/c12-7-11-10-6-5-8-3-1-2-4-9(8)10/h1-4,6,11-12H,5,7H2. The van der Waals surface area contributed by atoms with Crippen molar-refractivity contribution in [3.8, 4) is 0 Å². The number of nitrogens with one attached hydrogen (secondary N) is 1. The molecular formula is C10H11NO. The lowest BCUT2D eigenvalue weighted by Crippen LogP contribution is -2.11. The Bertz CT molecular complexity index is 317. The zero-order chi connectivity index (χ0) is 8.39. The van der Waals surface area contributed by atoms with Crippen molar-refractivity contribution in [3.63, 3.8) is 0 Å². The number of fused-ring (bicyclic) bond motifs is 1. The van der Waals surface area contributed by atoms with Gasteiger partial charge in [0.05, 0.1) is 0 Å². The highest BCUT2D eigenvalue weighted by atomic mass is 16.3. The SMILES string of the molecule is OCNC1=CCc2ccccc21. The summed E-state index contributed by atoms with van der Waals surface area (Å²) in [6, 6.07) is 8.22. The van der Waals surface area contributed by atoms with Crippen molar-refractivity contribution >= 4 is 5.70 Å². The lowest BCUT2D eigenvalue weighted by atomic mass is 10.1. The number of allylic oxidation sites excluding steroid dienone is 1. The summed E-state index contributed by atoms with van der Waals surface area (Å²) in [5.74, 6) is 0. The molecule has 0 saturated carbocycles. The molecule has 2 nitrogen and oxygen atoms in total. The van der Waals surface area contributed by atoms with Gasteiger partial charge in [-0.3, -0.25) is 0 Å². The van der Waals surface area contributed by atoms with Crippen LogP contribution in [0, 0.1) is 0 Å². The summed E-state index contributed by atoms with van der Waals surface area (Å²) >= 11 is 0.